The third-order valence-corrected chi connectivity index (χ3v) is 2.13. The van der Waals surface area contributed by atoms with Crippen molar-refractivity contribution in [1.29, 1.82) is 0 Å². The smallest absolute Gasteiger partial charge is 0.471 e. The van der Waals surface area contributed by atoms with Crippen molar-refractivity contribution < 1.29 is 41.0 Å². The van der Waals surface area contributed by atoms with Crippen molar-refractivity contribution in [3.05, 3.63) is 0 Å². The Kier molecular flexibility index (Phi) is 4.27. The van der Waals surface area contributed by atoms with E-state index in [1.807, 2.05) is 0 Å². The zero-order chi connectivity index (χ0) is 14.9. The molecule has 0 aromatic rings. The lowest BCUT2D eigenvalue weighted by atomic mass is 9.84. The van der Waals surface area contributed by atoms with Gasteiger partial charge in [0.15, 0.2) is 0 Å². The molecule has 4 nitrogen and oxygen atoms in total. The molecule has 10 heteroatoms. The Balaban J connectivity index is 5.31. The minimum absolute atomic E-state index is 0.560. The lowest BCUT2D eigenvalue weighted by Crippen LogP contribution is -2.59. The molecule has 0 heterocycles. The molecule has 0 aromatic heterocycles. The van der Waals surface area contributed by atoms with Gasteiger partial charge in [0.25, 0.3) is 0 Å². The van der Waals surface area contributed by atoms with Crippen molar-refractivity contribution in [2.24, 2.45) is 5.41 Å². The summed E-state index contributed by atoms with van der Waals surface area (Å²) in [6.07, 6.45) is -10.9. The van der Waals surface area contributed by atoms with Crippen molar-refractivity contribution in [3.63, 3.8) is 0 Å². The summed E-state index contributed by atoms with van der Waals surface area (Å²) in [5.74, 6) is -4.84. The zero-order valence-corrected chi connectivity index (χ0v) is 9.11. The average molecular weight is 281 g/mol. The molecule has 0 radical (unpaired) electrons. The molecular weight excluding hydrogens is 272 g/mol. The van der Waals surface area contributed by atoms with E-state index < -0.39 is 35.7 Å². The lowest BCUT2D eigenvalue weighted by molar-refractivity contribution is -0.203. The summed E-state index contributed by atoms with van der Waals surface area (Å²) in [7, 11) is 0. The quantitative estimate of drug-likeness (QED) is 0.774. The molecule has 0 aliphatic rings. The fraction of sp³-hybridized carbons (Fsp3) is 0.750. The van der Waals surface area contributed by atoms with E-state index in [9.17, 15) is 35.9 Å². The summed E-state index contributed by atoms with van der Waals surface area (Å²) in [5.41, 5.74) is -2.64. The first-order valence-corrected chi connectivity index (χ1v) is 4.38. The number of carboxylic acids is 1. The molecule has 0 aromatic carbocycles. The third kappa shape index (κ3) is 3.77. The predicted molar refractivity (Wildman–Crippen MR) is 45.5 cm³/mol. The number of carbonyl (C=O) groups is 2. The second-order valence-corrected chi connectivity index (χ2v) is 3.97. The predicted octanol–water partition coefficient (Wildman–Crippen LogP) is 1.71. The Morgan fingerprint density at radius 1 is 1.06 bits per heavy atom. The van der Waals surface area contributed by atoms with Crippen LogP contribution in [0, 0.1) is 5.41 Å². The molecule has 1 amide bonds. The second kappa shape index (κ2) is 4.65. The van der Waals surface area contributed by atoms with E-state index in [4.69, 9.17) is 5.11 Å². The normalized spacial score (nSPS) is 15.1. The van der Waals surface area contributed by atoms with E-state index in [-0.39, 0.29) is 0 Å². The van der Waals surface area contributed by atoms with E-state index in [1.54, 1.807) is 0 Å². The number of carbonyl (C=O) groups excluding carboxylic acids is 1. The summed E-state index contributed by atoms with van der Waals surface area (Å²) in [6, 6.07) is -3.16. The molecule has 0 saturated carbocycles. The second-order valence-electron chi connectivity index (χ2n) is 3.97. The van der Waals surface area contributed by atoms with Crippen LogP contribution in [0.25, 0.3) is 0 Å². The molecule has 0 saturated heterocycles. The maximum absolute atomic E-state index is 12.5. The molecule has 1 atom stereocenters. The van der Waals surface area contributed by atoms with Crippen LogP contribution in [0.2, 0.25) is 0 Å². The fourth-order valence-electron chi connectivity index (χ4n) is 1.01. The number of amides is 1. The highest BCUT2D eigenvalue weighted by atomic mass is 19.4. The Labute approximate surface area is 97.0 Å². The average Bonchev–Trinajstić information content (AvgIpc) is 2.09. The maximum atomic E-state index is 12.5. The molecule has 0 spiro atoms. The van der Waals surface area contributed by atoms with Gasteiger partial charge in [-0.05, 0) is 13.8 Å². The molecule has 1 unspecified atom stereocenters. The van der Waals surface area contributed by atoms with Gasteiger partial charge in [0.05, 0.1) is 5.41 Å². The SMILES string of the molecule is CC(C)(C(=O)O)C(NC(=O)C(F)(F)F)C(F)(F)F. The minimum Gasteiger partial charge on any atom is -0.481 e. The van der Waals surface area contributed by atoms with Crippen LogP contribution >= 0.6 is 0 Å². The maximum Gasteiger partial charge on any atom is 0.471 e. The highest BCUT2D eigenvalue weighted by Gasteiger charge is 2.56. The Morgan fingerprint density at radius 2 is 1.44 bits per heavy atom. The summed E-state index contributed by atoms with van der Waals surface area (Å²) >= 11 is 0. The third-order valence-electron chi connectivity index (χ3n) is 2.13. The van der Waals surface area contributed by atoms with Crippen LogP contribution in [-0.4, -0.2) is 35.4 Å². The first-order chi connectivity index (χ1) is 7.70. The van der Waals surface area contributed by atoms with Crippen LogP contribution < -0.4 is 5.32 Å². The first kappa shape index (κ1) is 16.5. The van der Waals surface area contributed by atoms with Crippen LogP contribution in [0.15, 0.2) is 0 Å². The topological polar surface area (TPSA) is 66.4 Å². The van der Waals surface area contributed by atoms with Crippen molar-refractivity contribution in [2.75, 3.05) is 0 Å². The molecule has 0 aliphatic heterocycles. The van der Waals surface area contributed by atoms with Crippen molar-refractivity contribution in [2.45, 2.75) is 32.2 Å². The molecule has 0 fully saturated rings. The highest BCUT2D eigenvalue weighted by Crippen LogP contribution is 2.34. The largest absolute Gasteiger partial charge is 0.481 e. The van der Waals surface area contributed by atoms with Crippen molar-refractivity contribution in [3.8, 4) is 0 Å². The molecule has 2 N–H and O–H groups in total. The molecular formula is C8H9F6NO3. The molecule has 0 aliphatic carbocycles. The van der Waals surface area contributed by atoms with E-state index >= 15 is 0 Å². The number of nitrogens with one attached hydrogen (secondary N) is 1. The lowest BCUT2D eigenvalue weighted by Gasteiger charge is -2.32. The molecule has 0 rings (SSSR count). The van der Waals surface area contributed by atoms with Gasteiger partial charge >= 0.3 is 24.2 Å². The summed E-state index contributed by atoms with van der Waals surface area (Å²) in [5, 5.41) is 9.21. The van der Waals surface area contributed by atoms with Gasteiger partial charge in [0.2, 0.25) is 0 Å². The van der Waals surface area contributed by atoms with Crippen LogP contribution in [0.1, 0.15) is 13.8 Å². The Morgan fingerprint density at radius 3 is 1.67 bits per heavy atom. The number of aliphatic carboxylic acids is 1. The van der Waals surface area contributed by atoms with Crippen LogP contribution in [0.3, 0.4) is 0 Å². The van der Waals surface area contributed by atoms with Gasteiger partial charge in [-0.25, -0.2) is 0 Å². The number of carboxylic acid groups (broad SMARTS) is 1. The fourth-order valence-corrected chi connectivity index (χ4v) is 1.01. The van der Waals surface area contributed by atoms with Gasteiger partial charge < -0.3 is 10.4 Å². The highest BCUT2D eigenvalue weighted by molar-refractivity contribution is 5.83. The van der Waals surface area contributed by atoms with Crippen LogP contribution in [0.4, 0.5) is 26.3 Å². The summed E-state index contributed by atoms with van der Waals surface area (Å²) in [6.45, 7) is 1.12. The van der Waals surface area contributed by atoms with Gasteiger partial charge in [-0.2, -0.15) is 26.3 Å². The van der Waals surface area contributed by atoms with E-state index in [2.05, 4.69) is 0 Å². The molecule has 106 valence electrons. The summed E-state index contributed by atoms with van der Waals surface area (Å²) < 4.78 is 73.0. The van der Waals surface area contributed by atoms with E-state index in [0.29, 0.717) is 19.2 Å². The van der Waals surface area contributed by atoms with E-state index in [1.165, 1.54) is 0 Å². The van der Waals surface area contributed by atoms with Gasteiger partial charge in [0.1, 0.15) is 6.04 Å². The minimum atomic E-state index is -5.53. The number of alkyl halides is 6. The van der Waals surface area contributed by atoms with Gasteiger partial charge in [-0.3, -0.25) is 9.59 Å². The zero-order valence-electron chi connectivity index (χ0n) is 9.11. The van der Waals surface area contributed by atoms with Crippen LogP contribution in [-0.2, 0) is 9.59 Å². The first-order valence-electron chi connectivity index (χ1n) is 4.38. The Hall–Kier alpha value is -1.48. The monoisotopic (exact) mass is 281 g/mol. The number of halogens is 6. The number of hydrogen-bond acceptors (Lipinski definition) is 2. The van der Waals surface area contributed by atoms with Crippen molar-refractivity contribution >= 4 is 11.9 Å². The Bertz CT molecular complexity index is 346. The van der Waals surface area contributed by atoms with Crippen molar-refractivity contribution in [1.82, 2.24) is 5.32 Å². The standard InChI is InChI=1S/C8H9F6NO3/c1-6(2,5(17)18)3(7(9,10)11)15-4(16)8(12,13)14/h3H,1-2H3,(H,15,16)(H,17,18). The van der Waals surface area contributed by atoms with Gasteiger partial charge in [-0.15, -0.1) is 0 Å². The van der Waals surface area contributed by atoms with Gasteiger partial charge in [0, 0.05) is 0 Å². The molecule has 18 heavy (non-hydrogen) atoms. The summed E-state index contributed by atoms with van der Waals surface area (Å²) in [4.78, 5) is 21.1. The number of rotatable bonds is 3. The van der Waals surface area contributed by atoms with E-state index in [0.717, 1.165) is 0 Å². The van der Waals surface area contributed by atoms with Gasteiger partial charge in [-0.1, -0.05) is 0 Å². The van der Waals surface area contributed by atoms with Crippen LogP contribution in [0.5, 0.6) is 0 Å². The molecule has 0 bridgehead atoms. The number of hydrogen-bond donors (Lipinski definition) is 2.